The summed E-state index contributed by atoms with van der Waals surface area (Å²) in [7, 11) is 1.60. The number of carbonyl (C=O) groups excluding carboxylic acids is 1. The molecular formula is C32H27F2N3O4. The fraction of sp³-hybridized carbons (Fsp3) is 0.156. The molecule has 9 heteroatoms. The lowest BCUT2D eigenvalue weighted by molar-refractivity contribution is -0.136. The molecule has 0 saturated carbocycles. The summed E-state index contributed by atoms with van der Waals surface area (Å²) >= 11 is 0. The van der Waals surface area contributed by atoms with Gasteiger partial charge in [-0.05, 0) is 72.1 Å². The van der Waals surface area contributed by atoms with E-state index in [1.807, 2.05) is 49.4 Å². The number of carboxylic acids is 1. The summed E-state index contributed by atoms with van der Waals surface area (Å²) in [4.78, 5) is 23.1. The highest BCUT2D eigenvalue weighted by Crippen LogP contribution is 2.36. The van der Waals surface area contributed by atoms with Crippen LogP contribution in [0.2, 0.25) is 0 Å². The molecule has 41 heavy (non-hydrogen) atoms. The van der Waals surface area contributed by atoms with Gasteiger partial charge in [-0.3, -0.25) is 14.3 Å². The molecule has 0 fully saturated rings. The number of amides is 1. The molecule has 1 aromatic heterocycles. The average Bonchev–Trinajstić information content (AvgIpc) is 3.36. The van der Waals surface area contributed by atoms with Gasteiger partial charge in [-0.25, -0.2) is 8.78 Å². The van der Waals surface area contributed by atoms with Crippen LogP contribution in [-0.2, 0) is 4.79 Å². The smallest absolute Gasteiger partial charge is 0.305 e. The summed E-state index contributed by atoms with van der Waals surface area (Å²) in [6, 6.07) is 23.9. The average molecular weight is 556 g/mol. The number of ether oxygens (including phenoxy) is 1. The monoisotopic (exact) mass is 555 g/mol. The number of benzene rings is 4. The van der Waals surface area contributed by atoms with E-state index in [9.17, 15) is 18.4 Å². The molecule has 4 aromatic carbocycles. The van der Waals surface area contributed by atoms with Crippen LogP contribution in [0.4, 0.5) is 8.78 Å². The Labute approximate surface area is 235 Å². The first-order valence-corrected chi connectivity index (χ1v) is 13.0. The second-order valence-electron chi connectivity index (χ2n) is 9.55. The van der Waals surface area contributed by atoms with Gasteiger partial charge in [0.25, 0.3) is 5.91 Å². The maximum absolute atomic E-state index is 14.9. The van der Waals surface area contributed by atoms with Crippen molar-refractivity contribution in [1.29, 1.82) is 0 Å². The maximum Gasteiger partial charge on any atom is 0.305 e. The molecule has 0 aliphatic carbocycles. The SMILES string of the molecule is COc1ccc(-c2ccc3c(-c4cccc(F)c4F)nn([C@@H](C)c4ccc(C(=O)NCCC(=O)O)cc4)c3c2)cc1. The van der Waals surface area contributed by atoms with E-state index >= 15 is 0 Å². The van der Waals surface area contributed by atoms with Gasteiger partial charge in [0.2, 0.25) is 0 Å². The summed E-state index contributed by atoms with van der Waals surface area (Å²) in [5, 5.41) is 16.8. The summed E-state index contributed by atoms with van der Waals surface area (Å²) in [6.07, 6.45) is -0.167. The molecule has 0 aliphatic rings. The van der Waals surface area contributed by atoms with Crippen LogP contribution in [0.25, 0.3) is 33.3 Å². The molecule has 1 amide bonds. The quantitative estimate of drug-likeness (QED) is 0.217. The van der Waals surface area contributed by atoms with Crippen LogP contribution in [0, 0.1) is 11.6 Å². The summed E-state index contributed by atoms with van der Waals surface area (Å²) in [6.45, 7) is 1.96. The van der Waals surface area contributed by atoms with Crippen molar-refractivity contribution in [1.82, 2.24) is 15.1 Å². The largest absolute Gasteiger partial charge is 0.497 e. The topological polar surface area (TPSA) is 93.5 Å². The number of nitrogens with zero attached hydrogens (tertiary/aromatic N) is 2. The predicted molar refractivity (Wildman–Crippen MR) is 152 cm³/mol. The van der Waals surface area contributed by atoms with Crippen molar-refractivity contribution in [2.24, 2.45) is 0 Å². The normalized spacial score (nSPS) is 11.8. The molecule has 1 heterocycles. The molecule has 2 N–H and O–H groups in total. The van der Waals surface area contributed by atoms with Crippen molar-refractivity contribution in [2.45, 2.75) is 19.4 Å². The first-order chi connectivity index (χ1) is 19.8. The number of halogens is 2. The third-order valence-electron chi connectivity index (χ3n) is 6.98. The van der Waals surface area contributed by atoms with Gasteiger partial charge in [-0.2, -0.15) is 5.10 Å². The lowest BCUT2D eigenvalue weighted by atomic mass is 10.0. The number of hydrogen-bond acceptors (Lipinski definition) is 4. The second kappa shape index (κ2) is 11.6. The van der Waals surface area contributed by atoms with Crippen LogP contribution >= 0.6 is 0 Å². The molecule has 0 saturated heterocycles. The fourth-order valence-corrected chi connectivity index (χ4v) is 4.72. The van der Waals surface area contributed by atoms with E-state index in [-0.39, 0.29) is 30.5 Å². The first-order valence-electron chi connectivity index (χ1n) is 13.0. The van der Waals surface area contributed by atoms with Crippen LogP contribution in [-0.4, -0.2) is 40.4 Å². The first kappa shape index (κ1) is 27.5. The van der Waals surface area contributed by atoms with Crippen molar-refractivity contribution in [3.05, 3.63) is 108 Å². The zero-order valence-corrected chi connectivity index (χ0v) is 22.4. The van der Waals surface area contributed by atoms with Crippen LogP contribution in [0.1, 0.15) is 35.3 Å². The Kier molecular flexibility index (Phi) is 7.78. The highest BCUT2D eigenvalue weighted by atomic mass is 19.2. The molecule has 0 unspecified atom stereocenters. The van der Waals surface area contributed by atoms with Gasteiger partial charge in [0.1, 0.15) is 11.4 Å². The Morgan fingerprint density at radius 2 is 1.68 bits per heavy atom. The van der Waals surface area contributed by atoms with Crippen molar-refractivity contribution >= 4 is 22.8 Å². The number of carboxylic acid groups (broad SMARTS) is 1. The molecule has 0 radical (unpaired) electrons. The molecule has 0 aliphatic heterocycles. The molecular weight excluding hydrogens is 528 g/mol. The number of aliphatic carboxylic acids is 1. The Balaban J connectivity index is 1.56. The number of hydrogen-bond donors (Lipinski definition) is 2. The maximum atomic E-state index is 14.9. The van der Waals surface area contributed by atoms with Crippen LogP contribution < -0.4 is 10.1 Å². The lowest BCUT2D eigenvalue weighted by Gasteiger charge is -2.15. The van der Waals surface area contributed by atoms with Gasteiger partial charge < -0.3 is 15.2 Å². The summed E-state index contributed by atoms with van der Waals surface area (Å²) in [5.41, 5.74) is 4.18. The fourth-order valence-electron chi connectivity index (χ4n) is 4.72. The molecule has 7 nitrogen and oxygen atoms in total. The third kappa shape index (κ3) is 5.65. The van der Waals surface area contributed by atoms with Crippen molar-refractivity contribution in [3.63, 3.8) is 0 Å². The molecule has 0 spiro atoms. The Morgan fingerprint density at radius 3 is 2.37 bits per heavy atom. The van der Waals surface area contributed by atoms with Gasteiger partial charge in [0.15, 0.2) is 11.6 Å². The van der Waals surface area contributed by atoms with Crippen LogP contribution in [0.3, 0.4) is 0 Å². The van der Waals surface area contributed by atoms with Gasteiger partial charge >= 0.3 is 5.97 Å². The minimum atomic E-state index is -0.992. The molecule has 0 bridgehead atoms. The number of aromatic nitrogens is 2. The van der Waals surface area contributed by atoms with Crippen molar-refractivity contribution in [2.75, 3.05) is 13.7 Å². The third-order valence-corrected chi connectivity index (χ3v) is 6.98. The molecule has 5 aromatic rings. The van der Waals surface area contributed by atoms with E-state index in [0.717, 1.165) is 34.0 Å². The van der Waals surface area contributed by atoms with E-state index in [2.05, 4.69) is 5.32 Å². The number of carbonyl (C=O) groups is 2. The van der Waals surface area contributed by atoms with Crippen molar-refractivity contribution in [3.8, 4) is 28.1 Å². The molecule has 208 valence electrons. The minimum absolute atomic E-state index is 0.0293. The predicted octanol–water partition coefficient (Wildman–Crippen LogP) is 6.47. The summed E-state index contributed by atoms with van der Waals surface area (Å²) in [5.74, 6) is -2.55. The van der Waals surface area contributed by atoms with E-state index in [1.54, 1.807) is 36.1 Å². The van der Waals surface area contributed by atoms with Crippen LogP contribution in [0.15, 0.2) is 84.9 Å². The Hall–Kier alpha value is -5.05. The number of fused-ring (bicyclic) bond motifs is 1. The van der Waals surface area contributed by atoms with E-state index in [0.29, 0.717) is 16.6 Å². The van der Waals surface area contributed by atoms with Gasteiger partial charge in [-0.15, -0.1) is 0 Å². The second-order valence-corrected chi connectivity index (χ2v) is 9.55. The van der Waals surface area contributed by atoms with E-state index in [4.69, 9.17) is 14.9 Å². The lowest BCUT2D eigenvalue weighted by Crippen LogP contribution is -2.26. The van der Waals surface area contributed by atoms with E-state index < -0.39 is 17.6 Å². The van der Waals surface area contributed by atoms with Crippen molar-refractivity contribution < 1.29 is 28.2 Å². The number of nitrogens with one attached hydrogen (secondary N) is 1. The standard InChI is InChI=1S/C32H27F2N3O4/c1-19(20-6-8-22(9-7-20)32(40)35-17-16-29(38)39)37-28-18-23(21-10-13-24(41-2)14-11-21)12-15-25(28)31(36-37)26-4-3-5-27(33)30(26)34/h3-15,18-19H,16-17H2,1-2H3,(H,35,40)(H,38,39)/t19-/m0/s1. The molecule has 1 atom stereocenters. The molecule has 5 rings (SSSR count). The summed E-state index contributed by atoms with van der Waals surface area (Å²) < 4.78 is 36.1. The van der Waals surface area contributed by atoms with Gasteiger partial charge in [-0.1, -0.05) is 36.4 Å². The number of rotatable bonds is 9. The van der Waals surface area contributed by atoms with E-state index in [1.165, 1.54) is 12.1 Å². The highest BCUT2D eigenvalue weighted by molar-refractivity contribution is 5.96. The zero-order valence-electron chi connectivity index (χ0n) is 22.4. The Bertz CT molecular complexity index is 1730. The Morgan fingerprint density at radius 1 is 0.976 bits per heavy atom. The zero-order chi connectivity index (χ0) is 29.1. The van der Waals surface area contributed by atoms with Gasteiger partial charge in [0.05, 0.1) is 25.1 Å². The van der Waals surface area contributed by atoms with Gasteiger partial charge in [0, 0.05) is 23.1 Å². The highest BCUT2D eigenvalue weighted by Gasteiger charge is 2.21. The number of methoxy groups -OCH3 is 1. The van der Waals surface area contributed by atoms with Crippen LogP contribution in [0.5, 0.6) is 5.75 Å². The minimum Gasteiger partial charge on any atom is -0.497 e.